The maximum absolute atomic E-state index is 13.0. The van der Waals surface area contributed by atoms with Gasteiger partial charge in [-0.25, -0.2) is 16.8 Å². The molecule has 1 aliphatic heterocycles. The SMILES string of the molecule is CS(=O)(=O)c1ccccc1S(=O)(=O)N1CCC(C(=O)Nc2cc(Cl)ccc2Cl)CC1. The van der Waals surface area contributed by atoms with Gasteiger partial charge in [0.05, 0.1) is 15.6 Å². The third-order valence-corrected chi connectivity index (χ3v) is 8.68. The smallest absolute Gasteiger partial charge is 0.244 e. The van der Waals surface area contributed by atoms with Crippen molar-refractivity contribution >= 4 is 54.7 Å². The van der Waals surface area contributed by atoms with Crippen LogP contribution in [0.2, 0.25) is 10.0 Å². The molecule has 0 radical (unpaired) electrons. The number of carbonyl (C=O) groups excluding carboxylic acids is 1. The second-order valence-electron chi connectivity index (χ2n) is 7.01. The number of nitrogens with one attached hydrogen (secondary N) is 1. The van der Waals surface area contributed by atoms with Crippen LogP contribution < -0.4 is 5.32 Å². The van der Waals surface area contributed by atoms with Gasteiger partial charge >= 0.3 is 0 Å². The highest BCUT2D eigenvalue weighted by molar-refractivity contribution is 7.93. The molecule has 0 aliphatic carbocycles. The van der Waals surface area contributed by atoms with Gasteiger partial charge in [-0.05, 0) is 43.2 Å². The van der Waals surface area contributed by atoms with Crippen LogP contribution in [0.5, 0.6) is 0 Å². The zero-order chi connectivity index (χ0) is 22.1. The van der Waals surface area contributed by atoms with Gasteiger partial charge in [0, 0.05) is 30.3 Å². The van der Waals surface area contributed by atoms with Crippen LogP contribution in [0.3, 0.4) is 0 Å². The van der Waals surface area contributed by atoms with Crippen molar-refractivity contribution in [1.29, 1.82) is 0 Å². The number of hydrogen-bond acceptors (Lipinski definition) is 5. The number of nitrogens with zero attached hydrogens (tertiary/aromatic N) is 1. The Balaban J connectivity index is 1.72. The van der Waals surface area contributed by atoms with Gasteiger partial charge in [-0.3, -0.25) is 4.79 Å². The number of carbonyl (C=O) groups is 1. The van der Waals surface area contributed by atoms with Crippen LogP contribution in [0.25, 0.3) is 0 Å². The van der Waals surface area contributed by atoms with Crippen LogP contribution in [0.1, 0.15) is 12.8 Å². The van der Waals surface area contributed by atoms with E-state index in [-0.39, 0.29) is 28.8 Å². The first-order valence-corrected chi connectivity index (χ1v) is 13.1. The first kappa shape index (κ1) is 23.0. The van der Waals surface area contributed by atoms with Crippen LogP contribution in [-0.2, 0) is 24.7 Å². The minimum absolute atomic E-state index is 0.0990. The van der Waals surface area contributed by atoms with Crippen molar-refractivity contribution in [3.05, 3.63) is 52.5 Å². The molecule has 1 amide bonds. The molecule has 0 atom stereocenters. The van der Waals surface area contributed by atoms with E-state index in [0.717, 1.165) is 6.26 Å². The highest BCUT2D eigenvalue weighted by Gasteiger charge is 2.34. The largest absolute Gasteiger partial charge is 0.324 e. The van der Waals surface area contributed by atoms with Gasteiger partial charge in [-0.15, -0.1) is 0 Å². The molecule has 0 unspecified atom stereocenters. The zero-order valence-corrected chi connectivity index (χ0v) is 19.2. The number of piperidine rings is 1. The first-order valence-electron chi connectivity index (χ1n) is 9.05. The minimum atomic E-state index is -4.01. The summed E-state index contributed by atoms with van der Waals surface area (Å²) in [6.07, 6.45) is 1.56. The highest BCUT2D eigenvalue weighted by Crippen LogP contribution is 2.30. The molecule has 1 fully saturated rings. The monoisotopic (exact) mass is 490 g/mol. The third-order valence-electron chi connectivity index (χ3n) is 4.88. The molecular formula is C19H20Cl2N2O5S2. The molecule has 3 rings (SSSR count). The Morgan fingerprint density at radius 1 is 1.00 bits per heavy atom. The molecule has 7 nitrogen and oxygen atoms in total. The van der Waals surface area contributed by atoms with Gasteiger partial charge in [0.15, 0.2) is 9.84 Å². The number of halogens is 2. The average Bonchev–Trinajstić information content (AvgIpc) is 2.70. The van der Waals surface area contributed by atoms with E-state index in [1.54, 1.807) is 18.2 Å². The maximum atomic E-state index is 13.0. The predicted octanol–water partition coefficient (Wildman–Crippen LogP) is 3.44. The molecule has 1 aliphatic rings. The molecule has 0 aromatic heterocycles. The predicted molar refractivity (Wildman–Crippen MR) is 116 cm³/mol. The van der Waals surface area contributed by atoms with Gasteiger partial charge in [0.2, 0.25) is 15.9 Å². The van der Waals surface area contributed by atoms with Crippen LogP contribution >= 0.6 is 23.2 Å². The van der Waals surface area contributed by atoms with E-state index in [2.05, 4.69) is 5.32 Å². The van der Waals surface area contributed by atoms with Gasteiger partial charge in [-0.1, -0.05) is 35.3 Å². The summed E-state index contributed by atoms with van der Waals surface area (Å²) in [7, 11) is -7.73. The molecule has 1 heterocycles. The van der Waals surface area contributed by atoms with Gasteiger partial charge < -0.3 is 5.32 Å². The van der Waals surface area contributed by atoms with E-state index in [9.17, 15) is 21.6 Å². The van der Waals surface area contributed by atoms with Crippen LogP contribution in [0.15, 0.2) is 52.3 Å². The Morgan fingerprint density at radius 3 is 2.20 bits per heavy atom. The molecule has 0 saturated carbocycles. The fraction of sp³-hybridized carbons (Fsp3) is 0.316. The number of anilines is 1. The van der Waals surface area contributed by atoms with Gasteiger partial charge in [0.1, 0.15) is 4.90 Å². The number of amides is 1. The number of hydrogen-bond donors (Lipinski definition) is 1. The highest BCUT2D eigenvalue weighted by atomic mass is 35.5. The minimum Gasteiger partial charge on any atom is -0.324 e. The van der Waals surface area contributed by atoms with Gasteiger partial charge in [-0.2, -0.15) is 4.31 Å². The molecule has 0 bridgehead atoms. The van der Waals surface area contributed by atoms with Crippen molar-refractivity contribution in [2.24, 2.45) is 5.92 Å². The summed E-state index contributed by atoms with van der Waals surface area (Å²) in [4.78, 5) is 12.1. The Hall–Kier alpha value is -1.65. The van der Waals surface area contributed by atoms with Gasteiger partial charge in [0.25, 0.3) is 0 Å². The standard InChI is InChI=1S/C19H20Cl2N2O5S2/c1-29(25,26)17-4-2-3-5-18(17)30(27,28)23-10-8-13(9-11-23)19(24)22-16-12-14(20)6-7-15(16)21/h2-7,12-13H,8-11H2,1H3,(H,22,24). The van der Waals surface area contributed by atoms with Crippen molar-refractivity contribution in [2.45, 2.75) is 22.6 Å². The summed E-state index contributed by atoms with van der Waals surface area (Å²) >= 11 is 12.0. The van der Waals surface area contributed by atoms with Crippen molar-refractivity contribution in [2.75, 3.05) is 24.7 Å². The topological polar surface area (TPSA) is 101 Å². The Kier molecular flexibility index (Phi) is 6.78. The Labute approximate surface area is 186 Å². The molecule has 162 valence electrons. The lowest BCUT2D eigenvalue weighted by molar-refractivity contribution is -0.120. The third kappa shape index (κ3) is 4.97. The van der Waals surface area contributed by atoms with Crippen LogP contribution in [0.4, 0.5) is 5.69 Å². The molecular weight excluding hydrogens is 471 g/mol. The van der Waals surface area contributed by atoms with E-state index in [0.29, 0.717) is 28.6 Å². The number of sulfone groups is 1. The summed E-state index contributed by atoms with van der Waals surface area (Å²) in [5.41, 5.74) is 0.395. The quantitative estimate of drug-likeness (QED) is 0.691. The summed E-state index contributed by atoms with van der Waals surface area (Å²) in [6.45, 7) is 0.198. The molecule has 2 aromatic carbocycles. The van der Waals surface area contributed by atoms with E-state index in [1.165, 1.54) is 28.6 Å². The van der Waals surface area contributed by atoms with Crippen LogP contribution in [0, 0.1) is 5.92 Å². The summed E-state index contributed by atoms with van der Waals surface area (Å²) in [6, 6.07) is 10.3. The average molecular weight is 491 g/mol. The lowest BCUT2D eigenvalue weighted by atomic mass is 9.97. The molecule has 30 heavy (non-hydrogen) atoms. The number of sulfonamides is 1. The van der Waals surface area contributed by atoms with E-state index >= 15 is 0 Å². The van der Waals surface area contributed by atoms with Crippen LogP contribution in [-0.4, -0.2) is 46.4 Å². The van der Waals surface area contributed by atoms with Crippen molar-refractivity contribution in [3.63, 3.8) is 0 Å². The molecule has 1 saturated heterocycles. The van der Waals surface area contributed by atoms with E-state index in [1.807, 2.05) is 0 Å². The second kappa shape index (κ2) is 8.84. The molecule has 2 aromatic rings. The molecule has 1 N–H and O–H groups in total. The zero-order valence-electron chi connectivity index (χ0n) is 16.0. The van der Waals surface area contributed by atoms with Crippen molar-refractivity contribution in [3.8, 4) is 0 Å². The Bertz CT molecular complexity index is 1180. The number of rotatable bonds is 5. The summed E-state index contributed by atoms with van der Waals surface area (Å²) in [5, 5.41) is 3.52. The first-order chi connectivity index (χ1) is 14.0. The molecule has 0 spiro atoms. The number of benzene rings is 2. The second-order valence-corrected chi connectivity index (χ2v) is 11.7. The van der Waals surface area contributed by atoms with Crippen molar-refractivity contribution < 1.29 is 21.6 Å². The fourth-order valence-electron chi connectivity index (χ4n) is 3.30. The van der Waals surface area contributed by atoms with E-state index < -0.39 is 25.8 Å². The fourth-order valence-corrected chi connectivity index (χ4v) is 6.70. The normalized spacial score (nSPS) is 16.4. The summed E-state index contributed by atoms with van der Waals surface area (Å²) in [5.74, 6) is -0.676. The summed E-state index contributed by atoms with van der Waals surface area (Å²) < 4.78 is 51.3. The maximum Gasteiger partial charge on any atom is 0.244 e. The lowest BCUT2D eigenvalue weighted by Crippen LogP contribution is -2.41. The van der Waals surface area contributed by atoms with Crippen molar-refractivity contribution in [1.82, 2.24) is 4.31 Å². The molecule has 11 heteroatoms. The van der Waals surface area contributed by atoms with E-state index in [4.69, 9.17) is 23.2 Å². The Morgan fingerprint density at radius 2 is 1.60 bits per heavy atom. The lowest BCUT2D eigenvalue weighted by Gasteiger charge is -2.31.